The lowest BCUT2D eigenvalue weighted by Crippen LogP contribution is -2.28. The van der Waals surface area contributed by atoms with Crippen molar-refractivity contribution < 1.29 is 13.2 Å². The first-order chi connectivity index (χ1) is 10.9. The highest BCUT2D eigenvalue weighted by Gasteiger charge is 2.38. The molecule has 6 nitrogen and oxygen atoms in total. The van der Waals surface area contributed by atoms with Crippen molar-refractivity contribution in [3.63, 3.8) is 0 Å². The molecule has 8 heteroatoms. The minimum atomic E-state index is -3.93. The summed E-state index contributed by atoms with van der Waals surface area (Å²) in [6.07, 6.45) is 0. The minimum Gasteiger partial charge on any atom is -0.361 e. The summed E-state index contributed by atoms with van der Waals surface area (Å²) < 4.78 is 28.7. The second kappa shape index (κ2) is 5.62. The molecule has 0 saturated carbocycles. The molecule has 0 aromatic heterocycles. The van der Waals surface area contributed by atoms with Gasteiger partial charge in [-0.25, -0.2) is 0 Å². The summed E-state index contributed by atoms with van der Waals surface area (Å²) in [4.78, 5) is 4.79. The van der Waals surface area contributed by atoms with Crippen LogP contribution in [0, 0.1) is 0 Å². The van der Waals surface area contributed by atoms with Crippen molar-refractivity contribution in [2.75, 3.05) is 11.9 Å². The molecule has 0 radical (unpaired) electrons. The van der Waals surface area contributed by atoms with Crippen molar-refractivity contribution in [3.8, 4) is 0 Å². The van der Waals surface area contributed by atoms with E-state index in [1.54, 1.807) is 43.4 Å². The Kier molecular flexibility index (Phi) is 3.77. The number of rotatable bonds is 2. The summed E-state index contributed by atoms with van der Waals surface area (Å²) in [7, 11) is -2.29. The van der Waals surface area contributed by atoms with Gasteiger partial charge in [0.2, 0.25) is 5.84 Å². The number of amidine groups is 1. The molecule has 0 unspecified atom stereocenters. The molecule has 0 atom stereocenters. The van der Waals surface area contributed by atoms with Gasteiger partial charge in [-0.2, -0.15) is 13.2 Å². The molecule has 23 heavy (non-hydrogen) atoms. The fourth-order valence-corrected chi connectivity index (χ4v) is 3.55. The lowest BCUT2D eigenvalue weighted by atomic mass is 10.1. The Hall–Kier alpha value is -2.47. The van der Waals surface area contributed by atoms with Crippen LogP contribution in [0.1, 0.15) is 5.56 Å². The van der Waals surface area contributed by atoms with Gasteiger partial charge in [0, 0.05) is 12.1 Å². The number of likely N-dealkylation sites (N-methyl/N-ethyl adjacent to an activating group) is 1. The van der Waals surface area contributed by atoms with Crippen LogP contribution in [0.4, 0.5) is 5.69 Å². The van der Waals surface area contributed by atoms with Crippen LogP contribution in [0.3, 0.4) is 0 Å². The van der Waals surface area contributed by atoms with Gasteiger partial charge in [-0.15, -0.1) is 4.40 Å². The van der Waals surface area contributed by atoms with Gasteiger partial charge in [-0.1, -0.05) is 29.8 Å². The number of anilines is 1. The van der Waals surface area contributed by atoms with Crippen LogP contribution in [-0.2, 0) is 10.0 Å². The predicted octanol–water partition coefficient (Wildman–Crippen LogP) is 2.60. The molecular formula is C15H11ClN4O2S. The molecule has 2 aromatic carbocycles. The standard InChI is InChI=1S/C15H11ClN4O2S/c1-20-13-9-10(16)7-8-12(13)14(18-17)15(20)19-23(21,22)11-5-3-2-4-6-11/h2-9H,1H3. The molecule has 0 aliphatic carbocycles. The third-order valence-electron chi connectivity index (χ3n) is 3.45. The van der Waals surface area contributed by atoms with E-state index in [1.807, 2.05) is 0 Å². The lowest BCUT2D eigenvalue weighted by Gasteiger charge is -2.11. The lowest BCUT2D eigenvalue weighted by molar-refractivity contribution is -0.000201. The summed E-state index contributed by atoms with van der Waals surface area (Å²) in [6, 6.07) is 12.8. The maximum absolute atomic E-state index is 12.4. The highest BCUT2D eigenvalue weighted by Crippen LogP contribution is 2.31. The molecule has 1 aliphatic heterocycles. The van der Waals surface area contributed by atoms with E-state index in [0.29, 0.717) is 16.3 Å². The number of hydrogen-bond acceptors (Lipinski definition) is 2. The first-order valence-electron chi connectivity index (χ1n) is 6.60. The minimum absolute atomic E-state index is 0.0358. The summed E-state index contributed by atoms with van der Waals surface area (Å²) in [5, 5.41) is 0.486. The summed E-state index contributed by atoms with van der Waals surface area (Å²) in [6.45, 7) is 0. The molecule has 1 aliphatic rings. The summed E-state index contributed by atoms with van der Waals surface area (Å²) in [5.41, 5.74) is 10.5. The van der Waals surface area contributed by atoms with Crippen LogP contribution in [0.2, 0.25) is 5.02 Å². The average molecular weight is 347 g/mol. The molecule has 0 amide bonds. The van der Waals surface area contributed by atoms with E-state index in [-0.39, 0.29) is 16.4 Å². The van der Waals surface area contributed by atoms with E-state index in [1.165, 1.54) is 17.0 Å². The van der Waals surface area contributed by atoms with Crippen molar-refractivity contribution in [2.24, 2.45) is 4.40 Å². The fraction of sp³-hybridized carbons (Fsp3) is 0.0667. The van der Waals surface area contributed by atoms with Crippen LogP contribution < -0.4 is 4.90 Å². The maximum Gasteiger partial charge on any atom is 0.367 e. The first kappa shape index (κ1) is 15.4. The molecule has 0 N–H and O–H groups in total. The number of benzene rings is 2. The molecule has 0 spiro atoms. The van der Waals surface area contributed by atoms with E-state index < -0.39 is 10.0 Å². The predicted molar refractivity (Wildman–Crippen MR) is 88.6 cm³/mol. The van der Waals surface area contributed by atoms with Gasteiger partial charge in [0.15, 0.2) is 0 Å². The van der Waals surface area contributed by atoms with E-state index in [2.05, 4.69) is 9.19 Å². The van der Waals surface area contributed by atoms with E-state index in [0.717, 1.165) is 0 Å². The van der Waals surface area contributed by atoms with Crippen molar-refractivity contribution >= 4 is 38.9 Å². The zero-order valence-corrected chi connectivity index (χ0v) is 13.6. The number of halogens is 1. The normalized spacial score (nSPS) is 15.7. The van der Waals surface area contributed by atoms with Crippen LogP contribution in [0.5, 0.6) is 0 Å². The van der Waals surface area contributed by atoms with Crippen LogP contribution in [0.25, 0.3) is 5.53 Å². The molecule has 2 aromatic rings. The van der Waals surface area contributed by atoms with Gasteiger partial charge in [0.05, 0.1) is 16.1 Å². The van der Waals surface area contributed by atoms with Gasteiger partial charge >= 0.3 is 5.71 Å². The third kappa shape index (κ3) is 2.66. The quantitative estimate of drug-likeness (QED) is 0.618. The Bertz CT molecular complexity index is 964. The molecule has 116 valence electrons. The van der Waals surface area contributed by atoms with Gasteiger partial charge in [0.25, 0.3) is 10.0 Å². The zero-order chi connectivity index (χ0) is 16.6. The second-order valence-corrected chi connectivity index (χ2v) is 6.91. The van der Waals surface area contributed by atoms with Crippen molar-refractivity contribution in [3.05, 3.63) is 64.6 Å². The Balaban J connectivity index is 2.16. The number of nitrogens with zero attached hydrogens (tertiary/aromatic N) is 4. The zero-order valence-electron chi connectivity index (χ0n) is 12.0. The number of fused-ring (bicyclic) bond motifs is 1. The summed E-state index contributed by atoms with van der Waals surface area (Å²) >= 11 is 5.97. The topological polar surface area (TPSA) is 86.1 Å². The Morgan fingerprint density at radius 1 is 1.17 bits per heavy atom. The molecule has 3 rings (SSSR count). The highest BCUT2D eigenvalue weighted by molar-refractivity contribution is 7.90. The van der Waals surface area contributed by atoms with Gasteiger partial charge < -0.3 is 10.4 Å². The largest absolute Gasteiger partial charge is 0.367 e. The summed E-state index contributed by atoms with van der Waals surface area (Å²) in [5.74, 6) is 0.0358. The van der Waals surface area contributed by atoms with Crippen molar-refractivity contribution in [2.45, 2.75) is 4.90 Å². The second-order valence-electron chi connectivity index (χ2n) is 4.87. The van der Waals surface area contributed by atoms with Crippen LogP contribution >= 0.6 is 11.6 Å². The van der Waals surface area contributed by atoms with Gasteiger partial charge in [-0.05, 0) is 30.3 Å². The molecule has 0 saturated heterocycles. The average Bonchev–Trinajstić information content (AvgIpc) is 2.80. The smallest absolute Gasteiger partial charge is 0.361 e. The first-order valence-corrected chi connectivity index (χ1v) is 8.42. The van der Waals surface area contributed by atoms with E-state index >= 15 is 0 Å². The van der Waals surface area contributed by atoms with Crippen molar-refractivity contribution in [1.29, 1.82) is 0 Å². The van der Waals surface area contributed by atoms with Gasteiger partial charge in [0.1, 0.15) is 0 Å². The third-order valence-corrected chi connectivity index (χ3v) is 4.97. The Morgan fingerprint density at radius 2 is 1.87 bits per heavy atom. The monoisotopic (exact) mass is 346 g/mol. The fourth-order valence-electron chi connectivity index (χ4n) is 2.34. The Labute approximate surface area is 138 Å². The Morgan fingerprint density at radius 3 is 2.52 bits per heavy atom. The maximum atomic E-state index is 12.4. The van der Waals surface area contributed by atoms with E-state index in [4.69, 9.17) is 11.6 Å². The van der Waals surface area contributed by atoms with Gasteiger partial charge in [-0.3, -0.25) is 0 Å². The molecular weight excluding hydrogens is 336 g/mol. The highest BCUT2D eigenvalue weighted by atomic mass is 35.5. The number of hydrogen-bond donors (Lipinski definition) is 0. The molecule has 0 bridgehead atoms. The van der Waals surface area contributed by atoms with E-state index in [9.17, 15) is 13.9 Å². The van der Waals surface area contributed by atoms with Crippen LogP contribution in [0.15, 0.2) is 57.8 Å². The number of sulfonamides is 1. The molecule has 0 fully saturated rings. The van der Waals surface area contributed by atoms with Crippen LogP contribution in [-0.4, -0.2) is 31.8 Å². The van der Waals surface area contributed by atoms with Crippen molar-refractivity contribution in [1.82, 2.24) is 0 Å². The SMILES string of the molecule is CN1C(=NS(=O)(=O)c2ccccc2)C(=[N+]=[N-])c2ccc(Cl)cc21. The molecule has 1 heterocycles.